The van der Waals surface area contributed by atoms with Gasteiger partial charge in [0, 0.05) is 19.5 Å². The summed E-state index contributed by atoms with van der Waals surface area (Å²) in [7, 11) is 1.37. The van der Waals surface area contributed by atoms with Crippen molar-refractivity contribution in [2.45, 2.75) is 46.6 Å². The van der Waals surface area contributed by atoms with Crippen LogP contribution in [0.2, 0.25) is 0 Å². The predicted octanol–water partition coefficient (Wildman–Crippen LogP) is 4.94. The fourth-order valence-electron chi connectivity index (χ4n) is 3.36. The molecular formula is C25H30N2O3. The number of esters is 1. The van der Waals surface area contributed by atoms with Gasteiger partial charge in [0.25, 0.3) is 0 Å². The van der Waals surface area contributed by atoms with Gasteiger partial charge in [0.1, 0.15) is 0 Å². The highest BCUT2D eigenvalue weighted by Crippen LogP contribution is 2.26. The van der Waals surface area contributed by atoms with E-state index in [0.717, 1.165) is 23.1 Å². The van der Waals surface area contributed by atoms with E-state index in [2.05, 4.69) is 6.07 Å². The summed E-state index contributed by atoms with van der Waals surface area (Å²) in [4.78, 5) is 26.5. The first-order chi connectivity index (χ1) is 14.3. The molecule has 0 radical (unpaired) electrons. The van der Waals surface area contributed by atoms with Crippen molar-refractivity contribution in [3.8, 4) is 17.2 Å². The number of hydrogen-bond donors (Lipinski definition) is 0. The summed E-state index contributed by atoms with van der Waals surface area (Å²) in [6.45, 7) is 6.82. The summed E-state index contributed by atoms with van der Waals surface area (Å²) in [5.41, 5.74) is 2.86. The van der Waals surface area contributed by atoms with Crippen molar-refractivity contribution >= 4 is 11.9 Å². The standard InChI is InChI=1S/C25H30N2O3/c1-5-16-27(23(28)14-15-25(2,3)24(29)30-4)18-19-10-12-20(13-11-19)22-9-7-6-8-21(22)17-26/h6-13H,5,14-16,18H2,1-4H3. The topological polar surface area (TPSA) is 70.4 Å². The maximum Gasteiger partial charge on any atom is 0.311 e. The summed E-state index contributed by atoms with van der Waals surface area (Å²) < 4.78 is 4.83. The highest BCUT2D eigenvalue weighted by molar-refractivity contribution is 5.79. The number of nitrogens with zero attached hydrogens (tertiary/aromatic N) is 2. The van der Waals surface area contributed by atoms with Gasteiger partial charge in [0.2, 0.25) is 5.91 Å². The fraction of sp³-hybridized carbons (Fsp3) is 0.400. The molecule has 2 aromatic rings. The van der Waals surface area contributed by atoms with Gasteiger partial charge in [-0.05, 0) is 49.4 Å². The van der Waals surface area contributed by atoms with Crippen LogP contribution in [0.25, 0.3) is 11.1 Å². The number of nitriles is 1. The van der Waals surface area contributed by atoms with Crippen LogP contribution >= 0.6 is 0 Å². The maximum atomic E-state index is 12.8. The van der Waals surface area contributed by atoms with E-state index in [1.807, 2.05) is 54.3 Å². The second-order valence-corrected chi connectivity index (χ2v) is 8.05. The monoisotopic (exact) mass is 406 g/mol. The Morgan fingerprint density at radius 2 is 1.77 bits per heavy atom. The fourth-order valence-corrected chi connectivity index (χ4v) is 3.36. The first kappa shape index (κ1) is 23.2. The Morgan fingerprint density at radius 1 is 1.10 bits per heavy atom. The third-order valence-corrected chi connectivity index (χ3v) is 5.23. The Kier molecular flexibility index (Phi) is 8.17. The number of hydrogen-bond acceptors (Lipinski definition) is 4. The van der Waals surface area contributed by atoms with Crippen LogP contribution in [0.15, 0.2) is 48.5 Å². The van der Waals surface area contributed by atoms with Gasteiger partial charge in [0.05, 0.1) is 24.2 Å². The highest BCUT2D eigenvalue weighted by Gasteiger charge is 2.30. The van der Waals surface area contributed by atoms with Crippen LogP contribution in [-0.4, -0.2) is 30.4 Å². The van der Waals surface area contributed by atoms with Gasteiger partial charge >= 0.3 is 5.97 Å². The van der Waals surface area contributed by atoms with Gasteiger partial charge in [-0.1, -0.05) is 49.4 Å². The van der Waals surface area contributed by atoms with Crippen LogP contribution in [0.1, 0.15) is 51.2 Å². The van der Waals surface area contributed by atoms with Crippen molar-refractivity contribution < 1.29 is 14.3 Å². The highest BCUT2D eigenvalue weighted by atomic mass is 16.5. The maximum absolute atomic E-state index is 12.8. The third-order valence-electron chi connectivity index (χ3n) is 5.23. The average molecular weight is 407 g/mol. The van der Waals surface area contributed by atoms with Crippen molar-refractivity contribution in [1.82, 2.24) is 4.90 Å². The molecule has 0 aliphatic heterocycles. The molecule has 0 aromatic heterocycles. The molecule has 0 bridgehead atoms. The number of methoxy groups -OCH3 is 1. The zero-order valence-electron chi connectivity index (χ0n) is 18.3. The average Bonchev–Trinajstić information content (AvgIpc) is 2.77. The molecule has 0 N–H and O–H groups in total. The Balaban J connectivity index is 2.08. The predicted molar refractivity (Wildman–Crippen MR) is 117 cm³/mol. The number of ether oxygens (including phenoxy) is 1. The minimum atomic E-state index is -0.682. The van der Waals surface area contributed by atoms with Gasteiger partial charge in [-0.15, -0.1) is 0 Å². The van der Waals surface area contributed by atoms with Gasteiger partial charge in [-0.25, -0.2) is 0 Å². The zero-order chi connectivity index (χ0) is 22.1. The lowest BCUT2D eigenvalue weighted by Gasteiger charge is -2.25. The van der Waals surface area contributed by atoms with Gasteiger partial charge < -0.3 is 9.64 Å². The second kappa shape index (κ2) is 10.6. The number of carbonyl (C=O) groups is 2. The molecule has 0 unspecified atom stereocenters. The summed E-state index contributed by atoms with van der Waals surface area (Å²) >= 11 is 0. The first-order valence-electron chi connectivity index (χ1n) is 10.3. The normalized spacial score (nSPS) is 10.9. The third kappa shape index (κ3) is 5.93. The van der Waals surface area contributed by atoms with Crippen molar-refractivity contribution in [2.24, 2.45) is 5.41 Å². The number of carbonyl (C=O) groups excluding carboxylic acids is 2. The second-order valence-electron chi connectivity index (χ2n) is 8.05. The van der Waals surface area contributed by atoms with Crippen molar-refractivity contribution in [1.29, 1.82) is 5.26 Å². The Morgan fingerprint density at radius 3 is 2.37 bits per heavy atom. The molecule has 2 rings (SSSR count). The van der Waals surface area contributed by atoms with E-state index < -0.39 is 5.41 Å². The smallest absolute Gasteiger partial charge is 0.311 e. The molecule has 0 heterocycles. The van der Waals surface area contributed by atoms with E-state index >= 15 is 0 Å². The summed E-state index contributed by atoms with van der Waals surface area (Å²) in [5, 5.41) is 9.31. The molecule has 5 nitrogen and oxygen atoms in total. The van der Waals surface area contributed by atoms with Crippen molar-refractivity contribution in [2.75, 3.05) is 13.7 Å². The van der Waals surface area contributed by atoms with Crippen LogP contribution in [0, 0.1) is 16.7 Å². The van der Waals surface area contributed by atoms with Gasteiger partial charge in [-0.3, -0.25) is 9.59 Å². The van der Waals surface area contributed by atoms with E-state index in [-0.39, 0.29) is 11.9 Å². The van der Waals surface area contributed by atoms with Crippen LogP contribution < -0.4 is 0 Å². The molecule has 1 amide bonds. The lowest BCUT2D eigenvalue weighted by atomic mass is 9.87. The molecule has 0 atom stereocenters. The summed E-state index contributed by atoms with van der Waals surface area (Å²) in [6.07, 6.45) is 1.61. The van der Waals surface area contributed by atoms with E-state index in [1.54, 1.807) is 19.9 Å². The van der Waals surface area contributed by atoms with Crippen LogP contribution in [0.4, 0.5) is 0 Å². The van der Waals surface area contributed by atoms with Gasteiger partial charge in [-0.2, -0.15) is 5.26 Å². The molecule has 0 spiro atoms. The van der Waals surface area contributed by atoms with E-state index in [4.69, 9.17) is 4.74 Å². The molecule has 0 aliphatic carbocycles. The summed E-state index contributed by atoms with van der Waals surface area (Å²) in [5.74, 6) is -0.265. The molecular weight excluding hydrogens is 376 g/mol. The number of amides is 1. The Labute approximate surface area is 179 Å². The van der Waals surface area contributed by atoms with E-state index in [1.165, 1.54) is 7.11 Å². The Bertz CT molecular complexity index is 911. The SMILES string of the molecule is CCCN(Cc1ccc(-c2ccccc2C#N)cc1)C(=O)CCC(C)(C)C(=O)OC. The lowest BCUT2D eigenvalue weighted by molar-refractivity contribution is -0.151. The summed E-state index contributed by atoms with van der Waals surface area (Å²) in [6, 6.07) is 17.7. The van der Waals surface area contributed by atoms with Gasteiger partial charge in [0.15, 0.2) is 0 Å². The first-order valence-corrected chi connectivity index (χ1v) is 10.3. The number of rotatable bonds is 9. The Hall–Kier alpha value is -3.13. The lowest BCUT2D eigenvalue weighted by Crippen LogP contribution is -2.33. The van der Waals surface area contributed by atoms with E-state index in [9.17, 15) is 14.9 Å². The zero-order valence-corrected chi connectivity index (χ0v) is 18.3. The molecule has 0 aliphatic rings. The molecule has 158 valence electrons. The van der Waals surface area contributed by atoms with Crippen molar-refractivity contribution in [3.63, 3.8) is 0 Å². The molecule has 0 saturated heterocycles. The largest absolute Gasteiger partial charge is 0.469 e. The van der Waals surface area contributed by atoms with Crippen LogP contribution in [0.3, 0.4) is 0 Å². The van der Waals surface area contributed by atoms with Crippen LogP contribution in [0.5, 0.6) is 0 Å². The van der Waals surface area contributed by atoms with E-state index in [0.29, 0.717) is 31.5 Å². The molecule has 5 heteroatoms. The number of benzene rings is 2. The van der Waals surface area contributed by atoms with Crippen LogP contribution in [-0.2, 0) is 20.9 Å². The quantitative estimate of drug-likeness (QED) is 0.553. The minimum Gasteiger partial charge on any atom is -0.469 e. The molecule has 30 heavy (non-hydrogen) atoms. The van der Waals surface area contributed by atoms with Crippen molar-refractivity contribution in [3.05, 3.63) is 59.7 Å². The molecule has 0 saturated carbocycles. The molecule has 2 aromatic carbocycles. The molecule has 0 fully saturated rings. The minimum absolute atomic E-state index is 0.0349.